The number of esters is 1. The van der Waals surface area contributed by atoms with Crippen molar-refractivity contribution in [2.75, 3.05) is 23.5 Å². The summed E-state index contributed by atoms with van der Waals surface area (Å²) in [5, 5.41) is 5.48. The summed E-state index contributed by atoms with van der Waals surface area (Å²) in [6.07, 6.45) is 0. The van der Waals surface area contributed by atoms with Crippen molar-refractivity contribution in [3.63, 3.8) is 0 Å². The van der Waals surface area contributed by atoms with Crippen molar-refractivity contribution in [2.24, 2.45) is 0 Å². The van der Waals surface area contributed by atoms with E-state index in [4.69, 9.17) is 0 Å². The van der Waals surface area contributed by atoms with Gasteiger partial charge < -0.3 is 15.4 Å². The van der Waals surface area contributed by atoms with Crippen LogP contribution in [-0.4, -0.2) is 30.6 Å². The standard InChI is InChI=1S/C17H14N2O4S/c1-23-17(22)11-3-2-4-12(7-11)18-16(21)10-5-6-14-13(8-10)19-15(20)9-24-14/h2-8H,9H2,1H3,(H,18,21)(H,19,20). The number of fused-ring (bicyclic) bond motifs is 1. The normalized spacial score (nSPS) is 12.8. The third-order valence-electron chi connectivity index (χ3n) is 3.42. The van der Waals surface area contributed by atoms with Gasteiger partial charge in [-0.1, -0.05) is 6.07 Å². The van der Waals surface area contributed by atoms with Crippen LogP contribution in [0.2, 0.25) is 0 Å². The average Bonchev–Trinajstić information content (AvgIpc) is 2.60. The van der Waals surface area contributed by atoms with E-state index in [0.29, 0.717) is 28.3 Å². The summed E-state index contributed by atoms with van der Waals surface area (Å²) in [6, 6.07) is 11.6. The van der Waals surface area contributed by atoms with Crippen LogP contribution in [0.4, 0.5) is 11.4 Å². The Morgan fingerprint density at radius 3 is 2.79 bits per heavy atom. The van der Waals surface area contributed by atoms with Gasteiger partial charge in [-0.25, -0.2) is 4.79 Å². The fraction of sp³-hybridized carbons (Fsp3) is 0.118. The molecule has 2 aromatic rings. The number of benzene rings is 2. The van der Waals surface area contributed by atoms with Crippen LogP contribution in [0.25, 0.3) is 0 Å². The molecule has 2 amide bonds. The molecule has 0 spiro atoms. The summed E-state index contributed by atoms with van der Waals surface area (Å²) in [6.45, 7) is 0. The molecule has 122 valence electrons. The zero-order chi connectivity index (χ0) is 17.1. The number of hydrogen-bond acceptors (Lipinski definition) is 5. The zero-order valence-electron chi connectivity index (χ0n) is 12.8. The Hall–Kier alpha value is -2.80. The molecule has 1 aliphatic heterocycles. The lowest BCUT2D eigenvalue weighted by molar-refractivity contribution is -0.113. The monoisotopic (exact) mass is 342 g/mol. The van der Waals surface area contributed by atoms with Crippen LogP contribution in [0, 0.1) is 0 Å². The van der Waals surface area contributed by atoms with Gasteiger partial charge in [-0.3, -0.25) is 9.59 Å². The molecule has 0 fully saturated rings. The molecular weight excluding hydrogens is 328 g/mol. The second-order valence-corrected chi connectivity index (χ2v) is 6.09. The number of rotatable bonds is 3. The maximum Gasteiger partial charge on any atom is 0.337 e. The summed E-state index contributed by atoms with van der Waals surface area (Å²) in [4.78, 5) is 36.3. The molecule has 1 heterocycles. The van der Waals surface area contributed by atoms with Crippen LogP contribution in [0.5, 0.6) is 0 Å². The lowest BCUT2D eigenvalue weighted by Crippen LogP contribution is -2.20. The number of thioether (sulfide) groups is 1. The Morgan fingerprint density at radius 1 is 1.17 bits per heavy atom. The number of methoxy groups -OCH3 is 1. The van der Waals surface area contributed by atoms with Gasteiger partial charge in [-0.15, -0.1) is 11.8 Å². The lowest BCUT2D eigenvalue weighted by Gasteiger charge is -2.17. The van der Waals surface area contributed by atoms with Gasteiger partial charge in [0.1, 0.15) is 0 Å². The van der Waals surface area contributed by atoms with Gasteiger partial charge in [0, 0.05) is 16.1 Å². The van der Waals surface area contributed by atoms with Gasteiger partial charge in [0.2, 0.25) is 5.91 Å². The molecule has 0 saturated heterocycles. The van der Waals surface area contributed by atoms with E-state index in [1.54, 1.807) is 42.5 Å². The predicted molar refractivity (Wildman–Crippen MR) is 91.5 cm³/mol. The molecule has 0 aromatic heterocycles. The third kappa shape index (κ3) is 3.41. The van der Waals surface area contributed by atoms with Gasteiger partial charge in [-0.05, 0) is 36.4 Å². The predicted octanol–water partition coefficient (Wildman–Crippen LogP) is 2.77. The Balaban J connectivity index is 1.79. The van der Waals surface area contributed by atoms with Crippen molar-refractivity contribution in [1.29, 1.82) is 0 Å². The Kier molecular flexibility index (Phi) is 4.52. The van der Waals surface area contributed by atoms with Crippen molar-refractivity contribution < 1.29 is 19.1 Å². The summed E-state index contributed by atoms with van der Waals surface area (Å²) >= 11 is 1.43. The maximum absolute atomic E-state index is 12.4. The first-order chi connectivity index (χ1) is 11.6. The highest BCUT2D eigenvalue weighted by Crippen LogP contribution is 2.32. The second kappa shape index (κ2) is 6.76. The maximum atomic E-state index is 12.4. The number of carbonyl (C=O) groups excluding carboxylic acids is 3. The first kappa shape index (κ1) is 16.1. The van der Waals surface area contributed by atoms with Crippen molar-refractivity contribution in [3.05, 3.63) is 53.6 Å². The highest BCUT2D eigenvalue weighted by molar-refractivity contribution is 8.00. The topological polar surface area (TPSA) is 84.5 Å². The molecule has 2 aromatic carbocycles. The van der Waals surface area contributed by atoms with E-state index in [1.807, 2.05) is 0 Å². The molecule has 7 heteroatoms. The number of amides is 2. The van der Waals surface area contributed by atoms with Crippen molar-refractivity contribution >= 4 is 40.9 Å². The zero-order valence-corrected chi connectivity index (χ0v) is 13.6. The fourth-order valence-corrected chi connectivity index (χ4v) is 3.06. The largest absolute Gasteiger partial charge is 0.465 e. The molecule has 1 aliphatic rings. The molecule has 2 N–H and O–H groups in total. The molecule has 6 nitrogen and oxygen atoms in total. The SMILES string of the molecule is COC(=O)c1cccc(NC(=O)c2ccc3c(c2)NC(=O)CS3)c1. The average molecular weight is 342 g/mol. The van der Waals surface area contributed by atoms with Crippen molar-refractivity contribution in [2.45, 2.75) is 4.90 Å². The minimum Gasteiger partial charge on any atom is -0.465 e. The van der Waals surface area contributed by atoms with E-state index < -0.39 is 5.97 Å². The number of nitrogens with one attached hydrogen (secondary N) is 2. The lowest BCUT2D eigenvalue weighted by atomic mass is 10.1. The first-order valence-corrected chi connectivity index (χ1v) is 8.12. The van der Waals surface area contributed by atoms with Crippen LogP contribution in [0.1, 0.15) is 20.7 Å². The number of carbonyl (C=O) groups is 3. The van der Waals surface area contributed by atoms with Crippen molar-refractivity contribution in [3.8, 4) is 0 Å². The summed E-state index contributed by atoms with van der Waals surface area (Å²) in [5.41, 5.74) is 1.88. The molecule has 0 saturated carbocycles. The third-order valence-corrected chi connectivity index (χ3v) is 4.49. The van der Waals surface area contributed by atoms with E-state index in [2.05, 4.69) is 15.4 Å². The van der Waals surface area contributed by atoms with Gasteiger partial charge in [-0.2, -0.15) is 0 Å². The number of ether oxygens (including phenoxy) is 1. The smallest absolute Gasteiger partial charge is 0.337 e. The van der Waals surface area contributed by atoms with E-state index in [0.717, 1.165) is 4.90 Å². The Morgan fingerprint density at radius 2 is 2.00 bits per heavy atom. The number of anilines is 2. The van der Waals surface area contributed by atoms with Crippen molar-refractivity contribution in [1.82, 2.24) is 0 Å². The van der Waals surface area contributed by atoms with Crippen LogP contribution >= 0.6 is 11.8 Å². The molecule has 0 aliphatic carbocycles. The van der Waals surface area contributed by atoms with Crippen LogP contribution in [0.3, 0.4) is 0 Å². The van der Waals surface area contributed by atoms with Crippen LogP contribution in [-0.2, 0) is 9.53 Å². The first-order valence-electron chi connectivity index (χ1n) is 7.13. The molecule has 0 bridgehead atoms. The molecule has 0 radical (unpaired) electrons. The molecule has 3 rings (SSSR count). The van der Waals surface area contributed by atoms with E-state index in [9.17, 15) is 14.4 Å². The summed E-state index contributed by atoms with van der Waals surface area (Å²) in [7, 11) is 1.30. The minimum atomic E-state index is -0.473. The molecule has 0 unspecified atom stereocenters. The van der Waals surface area contributed by atoms with Crippen LogP contribution in [0.15, 0.2) is 47.4 Å². The highest BCUT2D eigenvalue weighted by Gasteiger charge is 2.17. The molecule has 0 atom stereocenters. The fourth-order valence-electron chi connectivity index (χ4n) is 2.27. The second-order valence-electron chi connectivity index (χ2n) is 5.07. The van der Waals surface area contributed by atoms with Gasteiger partial charge in [0.15, 0.2) is 0 Å². The highest BCUT2D eigenvalue weighted by atomic mass is 32.2. The van der Waals surface area contributed by atoms with E-state index in [-0.39, 0.29) is 11.8 Å². The summed E-state index contributed by atoms with van der Waals surface area (Å²) in [5.74, 6) is -0.515. The number of hydrogen-bond donors (Lipinski definition) is 2. The molecular formula is C17H14N2O4S. The molecule has 24 heavy (non-hydrogen) atoms. The van der Waals surface area contributed by atoms with E-state index in [1.165, 1.54) is 18.9 Å². The van der Waals surface area contributed by atoms with Crippen LogP contribution < -0.4 is 10.6 Å². The Bertz CT molecular complexity index is 835. The van der Waals surface area contributed by atoms with E-state index >= 15 is 0 Å². The quantitative estimate of drug-likeness (QED) is 0.838. The Labute approximate surface area is 142 Å². The minimum absolute atomic E-state index is 0.0872. The summed E-state index contributed by atoms with van der Waals surface area (Å²) < 4.78 is 4.66. The van der Waals surface area contributed by atoms with Gasteiger partial charge >= 0.3 is 5.97 Å². The van der Waals surface area contributed by atoms with Gasteiger partial charge in [0.05, 0.1) is 24.1 Å². The van der Waals surface area contributed by atoms with Gasteiger partial charge in [0.25, 0.3) is 5.91 Å².